The van der Waals surface area contributed by atoms with Crippen LogP contribution in [-0.2, 0) is 18.4 Å². The number of aromatic nitrogens is 2. The molecule has 0 spiro atoms. The van der Waals surface area contributed by atoms with Gasteiger partial charge in [0, 0.05) is 30.9 Å². The molecule has 3 rings (SSSR count). The van der Waals surface area contributed by atoms with E-state index in [1.165, 1.54) is 18.2 Å². The van der Waals surface area contributed by atoms with Crippen LogP contribution < -0.4 is 10.1 Å². The van der Waals surface area contributed by atoms with Crippen LogP contribution in [0.25, 0.3) is 6.08 Å². The van der Waals surface area contributed by atoms with Gasteiger partial charge in [-0.1, -0.05) is 12.1 Å². The summed E-state index contributed by atoms with van der Waals surface area (Å²) in [4.78, 5) is 12.1. The van der Waals surface area contributed by atoms with Crippen LogP contribution in [0.3, 0.4) is 0 Å². The molecular formula is C22H22FN3O2. The average Bonchev–Trinajstić information content (AvgIpc) is 2.93. The zero-order valence-electron chi connectivity index (χ0n) is 16.1. The van der Waals surface area contributed by atoms with Gasteiger partial charge in [0.15, 0.2) is 0 Å². The lowest BCUT2D eigenvalue weighted by atomic mass is 10.2. The second-order valence-electron chi connectivity index (χ2n) is 6.46. The molecule has 0 saturated carbocycles. The third kappa shape index (κ3) is 4.85. The highest BCUT2D eigenvalue weighted by Crippen LogP contribution is 2.21. The van der Waals surface area contributed by atoms with E-state index in [0.717, 1.165) is 22.5 Å². The zero-order chi connectivity index (χ0) is 20.1. The molecule has 2 aromatic carbocycles. The molecule has 0 atom stereocenters. The van der Waals surface area contributed by atoms with E-state index < -0.39 is 0 Å². The van der Waals surface area contributed by atoms with Crippen molar-refractivity contribution in [1.29, 1.82) is 0 Å². The lowest BCUT2D eigenvalue weighted by Crippen LogP contribution is -2.20. The van der Waals surface area contributed by atoms with Gasteiger partial charge in [-0.3, -0.25) is 9.48 Å². The molecule has 0 aliphatic rings. The molecule has 3 aromatic rings. The van der Waals surface area contributed by atoms with Crippen LogP contribution in [0, 0.1) is 19.7 Å². The first kappa shape index (κ1) is 19.4. The fraction of sp³-hybridized carbons (Fsp3) is 0.182. The number of amides is 1. The van der Waals surface area contributed by atoms with Crippen LogP contribution in [0.15, 0.2) is 54.6 Å². The maximum absolute atomic E-state index is 12.9. The lowest BCUT2D eigenvalue weighted by molar-refractivity contribution is -0.116. The molecule has 28 heavy (non-hydrogen) atoms. The number of carbonyl (C=O) groups is 1. The van der Waals surface area contributed by atoms with Crippen molar-refractivity contribution in [2.45, 2.75) is 20.4 Å². The van der Waals surface area contributed by atoms with Crippen LogP contribution in [-0.4, -0.2) is 15.7 Å². The average molecular weight is 379 g/mol. The summed E-state index contributed by atoms with van der Waals surface area (Å²) in [6.45, 7) is 4.29. The Labute approximate surface area is 163 Å². The molecule has 0 unspecified atom stereocenters. The molecule has 1 amide bonds. The highest BCUT2D eigenvalue weighted by molar-refractivity contribution is 5.91. The Morgan fingerprint density at radius 2 is 1.71 bits per heavy atom. The zero-order valence-corrected chi connectivity index (χ0v) is 16.1. The van der Waals surface area contributed by atoms with Gasteiger partial charge >= 0.3 is 0 Å². The van der Waals surface area contributed by atoms with Crippen LogP contribution in [0.1, 0.15) is 22.5 Å². The maximum atomic E-state index is 12.9. The third-order valence-corrected chi connectivity index (χ3v) is 4.41. The first-order valence-electron chi connectivity index (χ1n) is 8.91. The number of hydrogen-bond donors (Lipinski definition) is 1. The van der Waals surface area contributed by atoms with Gasteiger partial charge < -0.3 is 10.1 Å². The van der Waals surface area contributed by atoms with E-state index in [4.69, 9.17) is 4.74 Å². The first-order valence-corrected chi connectivity index (χ1v) is 8.91. The van der Waals surface area contributed by atoms with Crippen LogP contribution in [0.4, 0.5) is 4.39 Å². The molecule has 1 heterocycles. The molecule has 0 saturated heterocycles. The number of halogens is 1. The molecule has 0 aliphatic carbocycles. The summed E-state index contributed by atoms with van der Waals surface area (Å²) in [5, 5.41) is 7.18. The number of nitrogens with zero attached hydrogens (tertiary/aromatic N) is 2. The van der Waals surface area contributed by atoms with Crippen molar-refractivity contribution in [2.24, 2.45) is 7.05 Å². The Hall–Kier alpha value is -3.41. The molecule has 1 N–H and O–H groups in total. The van der Waals surface area contributed by atoms with Crippen molar-refractivity contribution in [1.82, 2.24) is 15.1 Å². The minimum absolute atomic E-state index is 0.172. The number of benzene rings is 2. The van der Waals surface area contributed by atoms with E-state index in [1.807, 2.05) is 45.2 Å². The standard InChI is InChI=1S/C22H22FN3O2/c1-15-21(16(2)26(3)25-15)12-13-22(27)24-14-17-4-8-19(9-5-17)28-20-10-6-18(23)7-11-20/h4-13H,14H2,1-3H3,(H,24,27)/b13-12+. The largest absolute Gasteiger partial charge is 0.457 e. The van der Waals surface area contributed by atoms with Crippen molar-refractivity contribution in [3.05, 3.63) is 82.9 Å². The number of nitrogens with one attached hydrogen (secondary N) is 1. The van der Waals surface area contributed by atoms with Crippen molar-refractivity contribution in [3.8, 4) is 11.5 Å². The number of carbonyl (C=O) groups excluding carboxylic acids is 1. The molecule has 0 fully saturated rings. The van der Waals surface area contributed by atoms with Gasteiger partial charge in [0.05, 0.1) is 5.69 Å². The van der Waals surface area contributed by atoms with Crippen molar-refractivity contribution in [2.75, 3.05) is 0 Å². The molecule has 0 aliphatic heterocycles. The fourth-order valence-corrected chi connectivity index (χ4v) is 2.75. The molecule has 6 heteroatoms. The summed E-state index contributed by atoms with van der Waals surface area (Å²) in [6.07, 6.45) is 3.30. The molecule has 5 nitrogen and oxygen atoms in total. The number of rotatable bonds is 6. The lowest BCUT2D eigenvalue weighted by Gasteiger charge is -2.07. The second-order valence-corrected chi connectivity index (χ2v) is 6.46. The van der Waals surface area contributed by atoms with Gasteiger partial charge in [-0.15, -0.1) is 0 Å². The predicted molar refractivity (Wildman–Crippen MR) is 106 cm³/mol. The predicted octanol–water partition coefficient (Wildman–Crippen LogP) is 4.30. The molecule has 1 aromatic heterocycles. The number of aryl methyl sites for hydroxylation is 2. The summed E-state index contributed by atoms with van der Waals surface area (Å²) >= 11 is 0. The second kappa shape index (κ2) is 8.52. The smallest absolute Gasteiger partial charge is 0.244 e. The molecular weight excluding hydrogens is 357 g/mol. The topological polar surface area (TPSA) is 56.2 Å². The van der Waals surface area contributed by atoms with Crippen LogP contribution in [0.5, 0.6) is 11.5 Å². The van der Waals surface area contributed by atoms with Gasteiger partial charge in [-0.25, -0.2) is 4.39 Å². The maximum Gasteiger partial charge on any atom is 0.244 e. The Balaban J connectivity index is 1.53. The van der Waals surface area contributed by atoms with Crippen LogP contribution >= 0.6 is 0 Å². The highest BCUT2D eigenvalue weighted by Gasteiger charge is 2.06. The quantitative estimate of drug-likeness (QED) is 0.650. The highest BCUT2D eigenvalue weighted by atomic mass is 19.1. The minimum Gasteiger partial charge on any atom is -0.457 e. The number of ether oxygens (including phenoxy) is 1. The Morgan fingerprint density at radius 1 is 1.11 bits per heavy atom. The summed E-state index contributed by atoms with van der Waals surface area (Å²) < 4.78 is 20.4. The van der Waals surface area contributed by atoms with E-state index in [2.05, 4.69) is 10.4 Å². The third-order valence-electron chi connectivity index (χ3n) is 4.41. The molecule has 144 valence electrons. The normalized spacial score (nSPS) is 11.0. The van der Waals surface area contributed by atoms with Gasteiger partial charge in [0.25, 0.3) is 0 Å². The van der Waals surface area contributed by atoms with Crippen molar-refractivity contribution < 1.29 is 13.9 Å². The van der Waals surface area contributed by atoms with Gasteiger partial charge in [-0.2, -0.15) is 5.10 Å². The summed E-state index contributed by atoms with van der Waals surface area (Å²) in [5.41, 5.74) is 3.81. The summed E-state index contributed by atoms with van der Waals surface area (Å²) in [5.74, 6) is 0.730. The molecule has 0 radical (unpaired) electrons. The first-order chi connectivity index (χ1) is 13.4. The minimum atomic E-state index is -0.304. The van der Waals surface area contributed by atoms with E-state index in [-0.39, 0.29) is 11.7 Å². The van der Waals surface area contributed by atoms with Gasteiger partial charge in [0.2, 0.25) is 5.91 Å². The van der Waals surface area contributed by atoms with Crippen molar-refractivity contribution in [3.63, 3.8) is 0 Å². The fourth-order valence-electron chi connectivity index (χ4n) is 2.75. The SMILES string of the molecule is Cc1nn(C)c(C)c1/C=C/C(=O)NCc1ccc(Oc2ccc(F)cc2)cc1. The number of hydrogen-bond acceptors (Lipinski definition) is 3. The Morgan fingerprint density at radius 3 is 2.29 bits per heavy atom. The Bertz CT molecular complexity index is 990. The van der Waals surface area contributed by atoms with E-state index in [1.54, 1.807) is 22.9 Å². The Kier molecular flexibility index (Phi) is 5.89. The van der Waals surface area contributed by atoms with E-state index in [9.17, 15) is 9.18 Å². The van der Waals surface area contributed by atoms with Crippen LogP contribution in [0.2, 0.25) is 0 Å². The van der Waals surface area contributed by atoms with E-state index in [0.29, 0.717) is 18.0 Å². The summed E-state index contributed by atoms with van der Waals surface area (Å²) in [7, 11) is 1.88. The van der Waals surface area contributed by atoms with E-state index >= 15 is 0 Å². The van der Waals surface area contributed by atoms with Gasteiger partial charge in [-0.05, 0) is 61.9 Å². The summed E-state index contributed by atoms with van der Waals surface area (Å²) in [6, 6.07) is 13.2. The monoisotopic (exact) mass is 379 g/mol. The van der Waals surface area contributed by atoms with Crippen molar-refractivity contribution >= 4 is 12.0 Å². The van der Waals surface area contributed by atoms with Gasteiger partial charge in [0.1, 0.15) is 17.3 Å². The molecule has 0 bridgehead atoms.